The number of amides is 2. The smallest absolute Gasteiger partial charge is 0.267 e. The van der Waals surface area contributed by atoms with Gasteiger partial charge in [-0.2, -0.15) is 5.10 Å². The van der Waals surface area contributed by atoms with Crippen LogP contribution in [0.15, 0.2) is 35.2 Å². The van der Waals surface area contributed by atoms with Gasteiger partial charge in [0.05, 0.1) is 11.8 Å². The largest absolute Gasteiger partial charge is 0.351 e. The van der Waals surface area contributed by atoms with Crippen molar-refractivity contribution in [2.75, 3.05) is 13.1 Å². The molecule has 3 aromatic heterocycles. The van der Waals surface area contributed by atoms with Gasteiger partial charge in [0.1, 0.15) is 11.3 Å². The Morgan fingerprint density at radius 2 is 1.91 bits per heavy atom. The number of fused-ring (bicyclic) bond motifs is 1. The fraction of sp³-hybridized carbons (Fsp3) is 0.478. The number of hydrogen-bond donors (Lipinski definition) is 2. The molecule has 3 aromatic rings. The maximum absolute atomic E-state index is 13.0. The van der Waals surface area contributed by atoms with Crippen LogP contribution in [0.25, 0.3) is 11.0 Å². The SMILES string of the molecule is CCn1cc(C(=O)NCC2(CNC(=O)c3cc4cc(Br)cnc4n3C)CC23CCC3)cn1. The Balaban J connectivity index is 1.27. The van der Waals surface area contributed by atoms with E-state index in [0.29, 0.717) is 24.3 Å². The Bertz CT molecular complexity index is 1210. The van der Waals surface area contributed by atoms with Gasteiger partial charge < -0.3 is 15.2 Å². The summed E-state index contributed by atoms with van der Waals surface area (Å²) in [6.45, 7) is 3.83. The molecule has 1 spiro atoms. The van der Waals surface area contributed by atoms with E-state index >= 15 is 0 Å². The first-order chi connectivity index (χ1) is 15.4. The van der Waals surface area contributed by atoms with Crippen LogP contribution in [0.1, 0.15) is 53.5 Å². The Labute approximate surface area is 194 Å². The lowest BCUT2D eigenvalue weighted by Crippen LogP contribution is -2.42. The van der Waals surface area contributed by atoms with Crippen LogP contribution in [-0.4, -0.2) is 44.2 Å². The Morgan fingerprint density at radius 1 is 1.16 bits per heavy atom. The van der Waals surface area contributed by atoms with Crippen LogP contribution in [0.5, 0.6) is 0 Å². The zero-order chi connectivity index (χ0) is 22.5. The van der Waals surface area contributed by atoms with E-state index in [0.717, 1.165) is 28.5 Å². The number of rotatable bonds is 7. The van der Waals surface area contributed by atoms with Crippen molar-refractivity contribution in [1.82, 2.24) is 30.0 Å². The molecular weight excluding hydrogens is 472 g/mol. The summed E-state index contributed by atoms with van der Waals surface area (Å²) in [5.74, 6) is -0.222. The second-order valence-electron chi connectivity index (χ2n) is 9.20. The molecule has 0 bridgehead atoms. The van der Waals surface area contributed by atoms with Crippen LogP contribution in [0.3, 0.4) is 0 Å². The van der Waals surface area contributed by atoms with Gasteiger partial charge in [-0.15, -0.1) is 0 Å². The predicted molar refractivity (Wildman–Crippen MR) is 124 cm³/mol. The molecule has 3 heterocycles. The van der Waals surface area contributed by atoms with Crippen LogP contribution in [0.4, 0.5) is 0 Å². The van der Waals surface area contributed by atoms with E-state index in [9.17, 15) is 9.59 Å². The minimum absolute atomic E-state index is 0.0802. The van der Waals surface area contributed by atoms with Crippen molar-refractivity contribution >= 4 is 38.8 Å². The van der Waals surface area contributed by atoms with E-state index in [4.69, 9.17) is 0 Å². The highest BCUT2D eigenvalue weighted by Crippen LogP contribution is 2.73. The van der Waals surface area contributed by atoms with E-state index in [2.05, 4.69) is 36.6 Å². The summed E-state index contributed by atoms with van der Waals surface area (Å²) in [5.41, 5.74) is 2.11. The third kappa shape index (κ3) is 3.43. The van der Waals surface area contributed by atoms with Crippen molar-refractivity contribution in [3.8, 4) is 0 Å². The number of nitrogens with one attached hydrogen (secondary N) is 2. The molecule has 0 saturated heterocycles. The number of nitrogens with zero attached hydrogens (tertiary/aromatic N) is 4. The zero-order valence-electron chi connectivity index (χ0n) is 18.3. The topological polar surface area (TPSA) is 93.8 Å². The molecule has 2 N–H and O–H groups in total. The van der Waals surface area contributed by atoms with Crippen LogP contribution < -0.4 is 10.6 Å². The number of aromatic nitrogens is 4. The summed E-state index contributed by atoms with van der Waals surface area (Å²) in [4.78, 5) is 30.1. The molecule has 8 nitrogen and oxygen atoms in total. The van der Waals surface area contributed by atoms with Crippen molar-refractivity contribution in [2.24, 2.45) is 17.9 Å². The first kappa shape index (κ1) is 21.2. The molecule has 32 heavy (non-hydrogen) atoms. The van der Waals surface area contributed by atoms with Crippen LogP contribution in [-0.2, 0) is 13.6 Å². The summed E-state index contributed by atoms with van der Waals surface area (Å²) in [6, 6.07) is 3.83. The zero-order valence-corrected chi connectivity index (χ0v) is 19.9. The monoisotopic (exact) mass is 498 g/mol. The third-order valence-corrected chi connectivity index (χ3v) is 7.88. The molecule has 1 atom stereocenters. The number of halogens is 1. The van der Waals surface area contributed by atoms with Crippen molar-refractivity contribution in [2.45, 2.75) is 39.2 Å². The van der Waals surface area contributed by atoms with Crippen LogP contribution >= 0.6 is 15.9 Å². The summed E-state index contributed by atoms with van der Waals surface area (Å²) in [5, 5.41) is 11.4. The highest BCUT2D eigenvalue weighted by molar-refractivity contribution is 9.10. The van der Waals surface area contributed by atoms with E-state index in [1.807, 2.05) is 30.7 Å². The van der Waals surface area contributed by atoms with Gasteiger partial charge in [0, 0.05) is 54.3 Å². The molecule has 0 aromatic carbocycles. The van der Waals surface area contributed by atoms with Gasteiger partial charge in [-0.25, -0.2) is 4.98 Å². The van der Waals surface area contributed by atoms with Crippen molar-refractivity contribution < 1.29 is 9.59 Å². The second-order valence-corrected chi connectivity index (χ2v) is 10.1. The van der Waals surface area contributed by atoms with E-state index in [-0.39, 0.29) is 22.6 Å². The summed E-state index contributed by atoms with van der Waals surface area (Å²) >= 11 is 3.43. The molecular formula is C23H27BrN6O2. The van der Waals surface area contributed by atoms with Gasteiger partial charge >= 0.3 is 0 Å². The predicted octanol–water partition coefficient (Wildman–Crippen LogP) is 3.27. The average Bonchev–Trinajstić information content (AvgIpc) is 3.03. The molecule has 2 aliphatic carbocycles. The van der Waals surface area contributed by atoms with Crippen molar-refractivity contribution in [3.63, 3.8) is 0 Å². The quantitative estimate of drug-likeness (QED) is 0.522. The van der Waals surface area contributed by atoms with Crippen molar-refractivity contribution in [3.05, 3.63) is 46.5 Å². The minimum atomic E-state index is -0.113. The fourth-order valence-corrected chi connectivity index (χ4v) is 5.58. The minimum Gasteiger partial charge on any atom is -0.351 e. The Hall–Kier alpha value is -2.68. The molecule has 168 valence electrons. The molecule has 1 unspecified atom stereocenters. The van der Waals surface area contributed by atoms with Gasteiger partial charge in [0.15, 0.2) is 0 Å². The number of carbonyl (C=O) groups excluding carboxylic acids is 2. The molecule has 9 heteroatoms. The lowest BCUT2D eigenvalue weighted by Gasteiger charge is -2.33. The van der Waals surface area contributed by atoms with Gasteiger partial charge in [-0.3, -0.25) is 14.3 Å². The summed E-state index contributed by atoms with van der Waals surface area (Å²) < 4.78 is 4.45. The van der Waals surface area contributed by atoms with E-state index in [1.54, 1.807) is 23.3 Å². The summed E-state index contributed by atoms with van der Waals surface area (Å²) in [7, 11) is 1.86. The highest BCUT2D eigenvalue weighted by Gasteiger charge is 2.69. The van der Waals surface area contributed by atoms with Gasteiger partial charge in [-0.1, -0.05) is 6.42 Å². The molecule has 2 aliphatic rings. The van der Waals surface area contributed by atoms with Crippen molar-refractivity contribution in [1.29, 1.82) is 0 Å². The van der Waals surface area contributed by atoms with Gasteiger partial charge in [0.2, 0.25) is 0 Å². The van der Waals surface area contributed by atoms with E-state index < -0.39 is 0 Å². The maximum atomic E-state index is 13.0. The van der Waals surface area contributed by atoms with E-state index in [1.165, 1.54) is 19.3 Å². The summed E-state index contributed by atoms with van der Waals surface area (Å²) in [6.07, 6.45) is 9.69. The maximum Gasteiger partial charge on any atom is 0.267 e. The number of carbonyl (C=O) groups is 2. The second kappa shape index (κ2) is 7.72. The lowest BCUT2D eigenvalue weighted by molar-refractivity contribution is 0.0906. The lowest BCUT2D eigenvalue weighted by atomic mass is 9.75. The third-order valence-electron chi connectivity index (χ3n) is 7.45. The molecule has 2 amide bonds. The number of pyridine rings is 1. The fourth-order valence-electron chi connectivity index (χ4n) is 5.23. The molecule has 2 fully saturated rings. The first-order valence-corrected chi connectivity index (χ1v) is 11.9. The Morgan fingerprint density at radius 3 is 2.53 bits per heavy atom. The first-order valence-electron chi connectivity index (χ1n) is 11.1. The van der Waals surface area contributed by atoms with Crippen LogP contribution in [0.2, 0.25) is 0 Å². The number of hydrogen-bond acceptors (Lipinski definition) is 4. The number of aryl methyl sites for hydroxylation is 2. The molecule has 5 rings (SSSR count). The molecule has 0 radical (unpaired) electrons. The average molecular weight is 499 g/mol. The van der Waals surface area contributed by atoms with Gasteiger partial charge in [0.25, 0.3) is 11.8 Å². The Kier molecular flexibility index (Phi) is 5.11. The van der Waals surface area contributed by atoms with Gasteiger partial charge in [-0.05, 0) is 59.7 Å². The molecule has 0 aliphatic heterocycles. The normalized spacial score (nSPS) is 20.8. The molecule has 2 saturated carbocycles. The van der Waals surface area contributed by atoms with Crippen LogP contribution in [0, 0.1) is 10.8 Å². The standard InChI is InChI=1S/C23H27BrN6O2/c1-3-30-11-16(9-28-30)20(31)26-13-23(12-22(23)5-4-6-22)14-27-21(32)18-8-15-7-17(24)10-25-19(15)29(18)2/h7-11H,3-6,12-14H2,1-2H3,(H,26,31)(H,27,32). The highest BCUT2D eigenvalue weighted by atomic mass is 79.9.